The topological polar surface area (TPSA) is 15.3 Å². The van der Waals surface area contributed by atoms with Crippen molar-refractivity contribution in [3.8, 4) is 0 Å². The summed E-state index contributed by atoms with van der Waals surface area (Å²) >= 11 is 0. The highest BCUT2D eigenvalue weighted by Gasteiger charge is 2.30. The molecule has 18 heavy (non-hydrogen) atoms. The Bertz CT molecular complexity index is 362. The lowest BCUT2D eigenvalue weighted by Crippen LogP contribution is -2.08. The van der Waals surface area contributed by atoms with Crippen LogP contribution < -0.4 is 5.32 Å². The van der Waals surface area contributed by atoms with E-state index in [0.717, 1.165) is 18.7 Å². The molecule has 0 radical (unpaired) electrons. The van der Waals surface area contributed by atoms with Crippen LogP contribution in [0.4, 0.5) is 23.2 Å². The lowest BCUT2D eigenvalue weighted by Gasteiger charge is -2.08. The van der Waals surface area contributed by atoms with Crippen LogP contribution in [0.5, 0.6) is 0 Å². The minimum Gasteiger partial charge on any atom is -0.386 e. The van der Waals surface area contributed by atoms with Crippen LogP contribution in [-0.4, -0.2) is 32.6 Å². The summed E-state index contributed by atoms with van der Waals surface area (Å²) in [5.74, 6) is -0.699. The van der Waals surface area contributed by atoms with Gasteiger partial charge in [-0.1, -0.05) is 6.92 Å². The number of benzene rings is 1. The highest BCUT2D eigenvalue weighted by molar-refractivity contribution is 5.47. The molecule has 1 N–H and O–H groups in total. The molecular weight excluding hydrogens is 248 g/mol. The summed E-state index contributed by atoms with van der Waals surface area (Å²) in [5.41, 5.74) is -1.02. The first-order chi connectivity index (χ1) is 8.22. The van der Waals surface area contributed by atoms with Gasteiger partial charge in [0, 0.05) is 7.05 Å². The van der Waals surface area contributed by atoms with E-state index in [1.807, 2.05) is 0 Å². The molecule has 0 aliphatic carbocycles. The number of nitrogens with one attached hydrogen (secondary N) is 1. The Morgan fingerprint density at radius 2 is 1.72 bits per heavy atom. The SMILES string of the molecule is CCN(C)C.CNc1cc(C(F)(F)F)ccc1F. The summed E-state index contributed by atoms with van der Waals surface area (Å²) in [7, 11) is 5.47. The van der Waals surface area contributed by atoms with E-state index in [0.29, 0.717) is 6.07 Å². The van der Waals surface area contributed by atoms with Crippen LogP contribution in [0.3, 0.4) is 0 Å². The molecule has 0 saturated carbocycles. The van der Waals surface area contributed by atoms with Crippen molar-refractivity contribution in [1.29, 1.82) is 0 Å². The van der Waals surface area contributed by atoms with E-state index >= 15 is 0 Å². The molecule has 0 atom stereocenters. The van der Waals surface area contributed by atoms with Gasteiger partial charge < -0.3 is 10.2 Å². The van der Waals surface area contributed by atoms with E-state index < -0.39 is 17.6 Å². The molecule has 104 valence electrons. The summed E-state index contributed by atoms with van der Waals surface area (Å²) in [6, 6.07) is 2.22. The van der Waals surface area contributed by atoms with Crippen molar-refractivity contribution in [2.45, 2.75) is 13.1 Å². The van der Waals surface area contributed by atoms with Gasteiger partial charge in [-0.2, -0.15) is 13.2 Å². The summed E-state index contributed by atoms with van der Waals surface area (Å²) in [5, 5.41) is 2.33. The first-order valence-corrected chi connectivity index (χ1v) is 5.41. The van der Waals surface area contributed by atoms with Gasteiger partial charge in [-0.05, 0) is 38.8 Å². The predicted octanol–water partition coefficient (Wildman–Crippen LogP) is 3.45. The average molecular weight is 266 g/mol. The molecule has 0 aliphatic rings. The second-order valence-electron chi connectivity index (χ2n) is 3.84. The summed E-state index contributed by atoms with van der Waals surface area (Å²) < 4.78 is 49.0. The largest absolute Gasteiger partial charge is 0.416 e. The summed E-state index contributed by atoms with van der Waals surface area (Å²) in [4.78, 5) is 2.12. The summed E-state index contributed by atoms with van der Waals surface area (Å²) in [6.07, 6.45) is -4.43. The highest BCUT2D eigenvalue weighted by Crippen LogP contribution is 2.31. The van der Waals surface area contributed by atoms with Crippen LogP contribution in [0, 0.1) is 5.82 Å². The van der Waals surface area contributed by atoms with E-state index in [1.54, 1.807) is 0 Å². The second-order valence-corrected chi connectivity index (χ2v) is 3.84. The van der Waals surface area contributed by atoms with Gasteiger partial charge in [0.2, 0.25) is 0 Å². The maximum absolute atomic E-state index is 12.7. The fourth-order valence-corrected chi connectivity index (χ4v) is 0.893. The maximum Gasteiger partial charge on any atom is 0.416 e. The number of halogens is 4. The maximum atomic E-state index is 12.7. The van der Waals surface area contributed by atoms with Gasteiger partial charge in [-0.3, -0.25) is 0 Å². The quantitative estimate of drug-likeness (QED) is 0.825. The van der Waals surface area contributed by atoms with E-state index in [9.17, 15) is 17.6 Å². The minimum absolute atomic E-state index is 0.158. The molecule has 1 aromatic carbocycles. The standard InChI is InChI=1S/C8H7F4N.C4H11N/c1-13-7-4-5(8(10,11)12)2-3-6(7)9;1-4-5(2)3/h2-4,13H,1H3;4H2,1-3H3. The molecule has 0 bridgehead atoms. The van der Waals surface area contributed by atoms with Crippen LogP contribution in [0.2, 0.25) is 0 Å². The molecule has 6 heteroatoms. The first kappa shape index (κ1) is 16.7. The van der Waals surface area contributed by atoms with E-state index in [1.165, 1.54) is 7.05 Å². The van der Waals surface area contributed by atoms with Crippen LogP contribution in [0.25, 0.3) is 0 Å². The third-order valence-corrected chi connectivity index (χ3v) is 2.20. The van der Waals surface area contributed by atoms with Crippen LogP contribution in [-0.2, 0) is 6.18 Å². The van der Waals surface area contributed by atoms with Gasteiger partial charge in [0.05, 0.1) is 11.3 Å². The average Bonchev–Trinajstić information content (AvgIpc) is 2.28. The third-order valence-electron chi connectivity index (χ3n) is 2.20. The monoisotopic (exact) mass is 266 g/mol. The van der Waals surface area contributed by atoms with Crippen molar-refractivity contribution in [3.05, 3.63) is 29.6 Å². The number of hydrogen-bond acceptors (Lipinski definition) is 2. The Labute approximate surface area is 105 Å². The molecule has 0 spiro atoms. The normalized spacial score (nSPS) is 10.9. The molecule has 0 aliphatic heterocycles. The smallest absolute Gasteiger partial charge is 0.386 e. The van der Waals surface area contributed by atoms with Gasteiger partial charge in [0.25, 0.3) is 0 Å². The van der Waals surface area contributed by atoms with E-state index in [2.05, 4.69) is 31.2 Å². The number of nitrogens with zero attached hydrogens (tertiary/aromatic N) is 1. The number of alkyl halides is 3. The van der Waals surface area contributed by atoms with Gasteiger partial charge >= 0.3 is 6.18 Å². The molecule has 1 aromatic rings. The van der Waals surface area contributed by atoms with Crippen molar-refractivity contribution in [1.82, 2.24) is 4.90 Å². The number of hydrogen-bond donors (Lipinski definition) is 1. The Kier molecular flexibility index (Phi) is 6.68. The zero-order valence-corrected chi connectivity index (χ0v) is 10.9. The van der Waals surface area contributed by atoms with Gasteiger partial charge in [-0.25, -0.2) is 4.39 Å². The molecule has 0 amide bonds. The molecule has 0 heterocycles. The molecule has 0 saturated heterocycles. The molecule has 1 rings (SSSR count). The van der Waals surface area contributed by atoms with Crippen molar-refractivity contribution >= 4 is 5.69 Å². The van der Waals surface area contributed by atoms with Crippen molar-refractivity contribution in [2.24, 2.45) is 0 Å². The molecule has 0 unspecified atom stereocenters. The molecule has 0 fully saturated rings. The second kappa shape index (κ2) is 7.20. The number of anilines is 1. The Morgan fingerprint density at radius 3 is 2.06 bits per heavy atom. The molecule has 2 nitrogen and oxygen atoms in total. The van der Waals surface area contributed by atoms with Crippen molar-refractivity contribution in [2.75, 3.05) is 33.0 Å². The van der Waals surface area contributed by atoms with Gasteiger partial charge in [0.15, 0.2) is 0 Å². The van der Waals surface area contributed by atoms with Crippen LogP contribution in [0.15, 0.2) is 18.2 Å². The Balaban J connectivity index is 0.000000494. The lowest BCUT2D eigenvalue weighted by atomic mass is 10.2. The minimum atomic E-state index is -4.43. The number of rotatable bonds is 2. The predicted molar refractivity (Wildman–Crippen MR) is 65.2 cm³/mol. The fourth-order valence-electron chi connectivity index (χ4n) is 0.893. The Morgan fingerprint density at radius 1 is 1.22 bits per heavy atom. The van der Waals surface area contributed by atoms with Crippen LogP contribution >= 0.6 is 0 Å². The Hall–Kier alpha value is -1.30. The van der Waals surface area contributed by atoms with Crippen molar-refractivity contribution < 1.29 is 17.6 Å². The zero-order valence-electron chi connectivity index (χ0n) is 10.9. The zero-order chi connectivity index (χ0) is 14.3. The molecular formula is C12H18F4N2. The van der Waals surface area contributed by atoms with E-state index in [4.69, 9.17) is 0 Å². The first-order valence-electron chi connectivity index (χ1n) is 5.41. The van der Waals surface area contributed by atoms with E-state index in [-0.39, 0.29) is 5.69 Å². The highest BCUT2D eigenvalue weighted by atomic mass is 19.4. The lowest BCUT2D eigenvalue weighted by molar-refractivity contribution is -0.137. The van der Waals surface area contributed by atoms with Gasteiger partial charge in [-0.15, -0.1) is 0 Å². The fraction of sp³-hybridized carbons (Fsp3) is 0.500. The van der Waals surface area contributed by atoms with Gasteiger partial charge in [0.1, 0.15) is 5.82 Å². The summed E-state index contributed by atoms with van der Waals surface area (Å²) in [6.45, 7) is 3.26. The van der Waals surface area contributed by atoms with Crippen molar-refractivity contribution in [3.63, 3.8) is 0 Å². The molecule has 0 aromatic heterocycles. The third kappa shape index (κ3) is 5.86. The van der Waals surface area contributed by atoms with Crippen LogP contribution in [0.1, 0.15) is 12.5 Å².